The Bertz CT molecular complexity index is 1060. The molecule has 9 nitrogen and oxygen atoms in total. The summed E-state index contributed by atoms with van der Waals surface area (Å²) in [4.78, 5) is 24.3. The Morgan fingerprint density at radius 3 is 2.53 bits per heavy atom. The molecule has 2 amide bonds. The molecule has 0 aromatic heterocycles. The Labute approximate surface area is 191 Å². The number of nitrogens with zero attached hydrogens (tertiary/aromatic N) is 1. The standard InChI is InChI=1S/C21H24ClN3O6S/c1-30-18-5-3-2-4-15(18)10-11-23-20(26)21(27)24-14-19-25(12-13-31-19)32(28,29)17-8-6-16(22)7-9-17/h2-9,19H,10-14H2,1H3,(H,23,26)(H,24,27). The van der Waals surface area contributed by atoms with E-state index >= 15 is 0 Å². The molecule has 3 rings (SSSR count). The molecule has 1 atom stereocenters. The van der Waals surface area contributed by atoms with Gasteiger partial charge in [0.25, 0.3) is 0 Å². The number of halogens is 1. The van der Waals surface area contributed by atoms with Crippen LogP contribution in [0.2, 0.25) is 5.02 Å². The number of carbonyl (C=O) groups excluding carboxylic acids is 2. The highest BCUT2D eigenvalue weighted by atomic mass is 35.5. The van der Waals surface area contributed by atoms with Gasteiger partial charge in [0, 0.05) is 18.1 Å². The number of hydrogen-bond acceptors (Lipinski definition) is 6. The van der Waals surface area contributed by atoms with Gasteiger partial charge in [0.15, 0.2) is 0 Å². The fourth-order valence-corrected chi connectivity index (χ4v) is 4.88. The number of rotatable bonds is 8. The van der Waals surface area contributed by atoms with Crippen LogP contribution >= 0.6 is 11.6 Å². The van der Waals surface area contributed by atoms with Gasteiger partial charge in [0.05, 0.1) is 25.2 Å². The maximum atomic E-state index is 12.9. The van der Waals surface area contributed by atoms with Crippen LogP contribution in [0.1, 0.15) is 5.56 Å². The molecule has 0 spiro atoms. The molecular formula is C21H24ClN3O6S. The van der Waals surface area contributed by atoms with E-state index in [4.69, 9.17) is 21.1 Å². The number of benzene rings is 2. The van der Waals surface area contributed by atoms with Gasteiger partial charge < -0.3 is 20.1 Å². The fraction of sp³-hybridized carbons (Fsp3) is 0.333. The van der Waals surface area contributed by atoms with E-state index in [9.17, 15) is 18.0 Å². The van der Waals surface area contributed by atoms with Crippen molar-refractivity contribution in [2.75, 3.05) is 33.4 Å². The van der Waals surface area contributed by atoms with Crippen LogP contribution in [0.4, 0.5) is 0 Å². The molecule has 1 aliphatic heterocycles. The molecule has 172 valence electrons. The molecule has 11 heteroatoms. The van der Waals surface area contributed by atoms with Crippen molar-refractivity contribution in [1.82, 2.24) is 14.9 Å². The van der Waals surface area contributed by atoms with Crippen LogP contribution in [-0.4, -0.2) is 64.1 Å². The fourth-order valence-electron chi connectivity index (χ4n) is 3.24. The van der Waals surface area contributed by atoms with Crippen molar-refractivity contribution >= 4 is 33.4 Å². The molecule has 1 aliphatic rings. The Hall–Kier alpha value is -2.66. The molecule has 2 N–H and O–H groups in total. The quantitative estimate of drug-likeness (QED) is 0.547. The predicted molar refractivity (Wildman–Crippen MR) is 118 cm³/mol. The van der Waals surface area contributed by atoms with Gasteiger partial charge in [-0.1, -0.05) is 29.8 Å². The van der Waals surface area contributed by atoms with Gasteiger partial charge in [-0.25, -0.2) is 8.42 Å². The minimum atomic E-state index is -3.84. The number of methoxy groups -OCH3 is 1. The van der Waals surface area contributed by atoms with Crippen LogP contribution in [0, 0.1) is 0 Å². The Balaban J connectivity index is 1.51. The summed E-state index contributed by atoms with van der Waals surface area (Å²) in [6, 6.07) is 13.2. The minimum Gasteiger partial charge on any atom is -0.496 e. The molecule has 2 aromatic rings. The summed E-state index contributed by atoms with van der Waals surface area (Å²) < 4.78 is 37.6. The summed E-state index contributed by atoms with van der Waals surface area (Å²) in [5.74, 6) is -0.985. The van der Waals surface area contributed by atoms with Crippen molar-refractivity contribution in [1.29, 1.82) is 0 Å². The average molecular weight is 482 g/mol. The van der Waals surface area contributed by atoms with Crippen molar-refractivity contribution in [3.05, 3.63) is 59.1 Å². The van der Waals surface area contributed by atoms with E-state index in [2.05, 4.69) is 10.6 Å². The van der Waals surface area contributed by atoms with E-state index in [0.29, 0.717) is 17.2 Å². The first-order chi connectivity index (χ1) is 15.3. The SMILES string of the molecule is COc1ccccc1CCNC(=O)C(=O)NCC1OCCN1S(=O)(=O)c1ccc(Cl)cc1. The number of para-hydroxylation sites is 1. The molecule has 0 bridgehead atoms. The third-order valence-corrected chi connectivity index (χ3v) is 7.03. The number of sulfonamides is 1. The van der Waals surface area contributed by atoms with Crippen molar-refractivity contribution in [2.45, 2.75) is 17.5 Å². The maximum absolute atomic E-state index is 12.9. The van der Waals surface area contributed by atoms with E-state index in [0.717, 1.165) is 9.87 Å². The molecule has 0 radical (unpaired) electrons. The van der Waals surface area contributed by atoms with Gasteiger partial charge in [-0.15, -0.1) is 0 Å². The molecule has 1 unspecified atom stereocenters. The number of ether oxygens (including phenoxy) is 2. The second kappa shape index (κ2) is 10.8. The Kier molecular flexibility index (Phi) is 8.08. The number of nitrogens with one attached hydrogen (secondary N) is 2. The lowest BCUT2D eigenvalue weighted by molar-refractivity contribution is -0.139. The average Bonchev–Trinajstić information content (AvgIpc) is 3.27. The number of carbonyl (C=O) groups is 2. The van der Waals surface area contributed by atoms with Gasteiger partial charge in [0.2, 0.25) is 10.0 Å². The van der Waals surface area contributed by atoms with Crippen LogP contribution in [0.15, 0.2) is 53.4 Å². The Morgan fingerprint density at radius 2 is 1.81 bits per heavy atom. The highest BCUT2D eigenvalue weighted by molar-refractivity contribution is 7.89. The highest BCUT2D eigenvalue weighted by Gasteiger charge is 2.36. The molecule has 1 saturated heterocycles. The summed E-state index contributed by atoms with van der Waals surface area (Å²) in [5, 5.41) is 5.39. The zero-order chi connectivity index (χ0) is 23.1. The lowest BCUT2D eigenvalue weighted by atomic mass is 10.1. The first-order valence-corrected chi connectivity index (χ1v) is 11.7. The summed E-state index contributed by atoms with van der Waals surface area (Å²) in [6.45, 7) is 0.393. The highest BCUT2D eigenvalue weighted by Crippen LogP contribution is 2.23. The molecule has 2 aromatic carbocycles. The van der Waals surface area contributed by atoms with E-state index in [1.165, 1.54) is 24.3 Å². The smallest absolute Gasteiger partial charge is 0.309 e. The van der Waals surface area contributed by atoms with Gasteiger partial charge in [-0.3, -0.25) is 9.59 Å². The predicted octanol–water partition coefficient (Wildman–Crippen LogP) is 1.17. The van der Waals surface area contributed by atoms with Crippen LogP contribution in [0.5, 0.6) is 5.75 Å². The van der Waals surface area contributed by atoms with Crippen molar-refractivity contribution in [3.8, 4) is 5.75 Å². The Morgan fingerprint density at radius 1 is 1.12 bits per heavy atom. The van der Waals surface area contributed by atoms with Crippen LogP contribution in [-0.2, 0) is 30.8 Å². The summed E-state index contributed by atoms with van der Waals surface area (Å²) in [6.07, 6.45) is -0.428. The molecule has 0 saturated carbocycles. The molecular weight excluding hydrogens is 458 g/mol. The summed E-state index contributed by atoms with van der Waals surface area (Å²) in [5.41, 5.74) is 0.901. The van der Waals surface area contributed by atoms with Gasteiger partial charge >= 0.3 is 11.8 Å². The molecule has 1 heterocycles. The van der Waals surface area contributed by atoms with E-state index < -0.39 is 28.1 Å². The normalized spacial score (nSPS) is 16.5. The third-order valence-electron chi connectivity index (χ3n) is 4.88. The third kappa shape index (κ3) is 5.77. The van der Waals surface area contributed by atoms with Crippen molar-refractivity contribution < 1.29 is 27.5 Å². The lowest BCUT2D eigenvalue weighted by Crippen LogP contribution is -2.47. The first-order valence-electron chi connectivity index (χ1n) is 9.90. The zero-order valence-corrected chi connectivity index (χ0v) is 19.0. The van der Waals surface area contributed by atoms with Gasteiger partial charge in [0.1, 0.15) is 12.0 Å². The molecule has 1 fully saturated rings. The van der Waals surface area contributed by atoms with Crippen LogP contribution in [0.3, 0.4) is 0 Å². The minimum absolute atomic E-state index is 0.0674. The van der Waals surface area contributed by atoms with Crippen LogP contribution < -0.4 is 15.4 Å². The van der Waals surface area contributed by atoms with Gasteiger partial charge in [-0.2, -0.15) is 4.31 Å². The van der Waals surface area contributed by atoms with E-state index in [-0.39, 0.29) is 31.1 Å². The molecule has 32 heavy (non-hydrogen) atoms. The lowest BCUT2D eigenvalue weighted by Gasteiger charge is -2.22. The summed E-state index contributed by atoms with van der Waals surface area (Å²) >= 11 is 5.83. The summed E-state index contributed by atoms with van der Waals surface area (Å²) in [7, 11) is -2.28. The number of hydrogen-bond donors (Lipinski definition) is 2. The zero-order valence-electron chi connectivity index (χ0n) is 17.4. The second-order valence-corrected chi connectivity index (χ2v) is 9.25. The maximum Gasteiger partial charge on any atom is 0.309 e. The van der Waals surface area contributed by atoms with Gasteiger partial charge in [-0.05, 0) is 42.3 Å². The van der Waals surface area contributed by atoms with Crippen LogP contribution in [0.25, 0.3) is 0 Å². The van der Waals surface area contributed by atoms with E-state index in [1.54, 1.807) is 7.11 Å². The monoisotopic (exact) mass is 481 g/mol. The number of amides is 2. The second-order valence-electron chi connectivity index (χ2n) is 6.92. The van der Waals surface area contributed by atoms with Crippen molar-refractivity contribution in [2.24, 2.45) is 0 Å². The molecule has 0 aliphatic carbocycles. The van der Waals surface area contributed by atoms with E-state index in [1.807, 2.05) is 24.3 Å². The first kappa shape index (κ1) is 24.0. The van der Waals surface area contributed by atoms with Crippen molar-refractivity contribution in [3.63, 3.8) is 0 Å². The topological polar surface area (TPSA) is 114 Å². The largest absolute Gasteiger partial charge is 0.496 e.